The fourth-order valence-electron chi connectivity index (χ4n) is 1.40. The monoisotopic (exact) mass is 223 g/mol. The van der Waals surface area contributed by atoms with E-state index < -0.39 is 0 Å². The van der Waals surface area contributed by atoms with E-state index in [9.17, 15) is 0 Å². The van der Waals surface area contributed by atoms with Crippen LogP contribution >= 0.6 is 0 Å². The second-order valence-electron chi connectivity index (χ2n) is 4.40. The summed E-state index contributed by atoms with van der Waals surface area (Å²) < 4.78 is 10.9. The average Bonchev–Trinajstić information content (AvgIpc) is 2.25. The molecule has 0 aliphatic carbocycles. The van der Waals surface area contributed by atoms with Gasteiger partial charge in [-0.1, -0.05) is 19.9 Å². The molecule has 0 aliphatic rings. The topological polar surface area (TPSA) is 44.5 Å². The molecule has 0 radical (unpaired) electrons. The van der Waals surface area contributed by atoms with Crippen LogP contribution in [-0.2, 0) is 0 Å². The van der Waals surface area contributed by atoms with E-state index in [0.29, 0.717) is 12.5 Å². The Hall–Kier alpha value is -1.22. The Morgan fingerprint density at radius 1 is 1.25 bits per heavy atom. The molecule has 90 valence electrons. The second kappa shape index (κ2) is 5.75. The van der Waals surface area contributed by atoms with Gasteiger partial charge in [0, 0.05) is 17.7 Å². The minimum atomic E-state index is -0.0342. The first-order valence-electron chi connectivity index (χ1n) is 5.61. The number of benzene rings is 1. The van der Waals surface area contributed by atoms with Gasteiger partial charge >= 0.3 is 0 Å². The molecule has 0 aromatic heterocycles. The van der Waals surface area contributed by atoms with E-state index in [1.54, 1.807) is 7.11 Å². The number of hydrogen-bond donors (Lipinski definition) is 1. The van der Waals surface area contributed by atoms with E-state index in [4.69, 9.17) is 15.2 Å². The molecule has 0 bridgehead atoms. The fraction of sp³-hybridized carbons (Fsp3) is 0.538. The van der Waals surface area contributed by atoms with Crippen molar-refractivity contribution in [1.82, 2.24) is 0 Å². The molecule has 16 heavy (non-hydrogen) atoms. The molecule has 0 amide bonds. The van der Waals surface area contributed by atoms with Gasteiger partial charge in [0.05, 0.1) is 13.7 Å². The van der Waals surface area contributed by atoms with Gasteiger partial charge in [-0.3, -0.25) is 0 Å². The van der Waals surface area contributed by atoms with Crippen LogP contribution in [0.3, 0.4) is 0 Å². The fourth-order valence-corrected chi connectivity index (χ4v) is 1.40. The van der Waals surface area contributed by atoms with Crippen LogP contribution in [0.15, 0.2) is 18.2 Å². The molecule has 1 atom stereocenters. The SMILES string of the molecule is COc1ccc(C(C)N)c(OCC(C)C)c1. The highest BCUT2D eigenvalue weighted by atomic mass is 16.5. The van der Waals surface area contributed by atoms with E-state index in [-0.39, 0.29) is 6.04 Å². The van der Waals surface area contributed by atoms with Crippen LogP contribution < -0.4 is 15.2 Å². The number of hydrogen-bond acceptors (Lipinski definition) is 3. The van der Waals surface area contributed by atoms with Gasteiger partial charge in [0.25, 0.3) is 0 Å². The van der Waals surface area contributed by atoms with Gasteiger partial charge in [-0.05, 0) is 18.9 Å². The third-order valence-corrected chi connectivity index (χ3v) is 2.28. The maximum Gasteiger partial charge on any atom is 0.127 e. The van der Waals surface area contributed by atoms with Gasteiger partial charge in [-0.15, -0.1) is 0 Å². The highest BCUT2D eigenvalue weighted by Gasteiger charge is 2.10. The summed E-state index contributed by atoms with van der Waals surface area (Å²) in [4.78, 5) is 0. The van der Waals surface area contributed by atoms with Crippen LogP contribution in [0.5, 0.6) is 11.5 Å². The molecule has 0 aliphatic heterocycles. The summed E-state index contributed by atoms with van der Waals surface area (Å²) in [6, 6.07) is 5.72. The summed E-state index contributed by atoms with van der Waals surface area (Å²) in [7, 11) is 1.65. The van der Waals surface area contributed by atoms with Crippen LogP contribution in [0.2, 0.25) is 0 Å². The third-order valence-electron chi connectivity index (χ3n) is 2.28. The molecule has 0 heterocycles. The summed E-state index contributed by atoms with van der Waals surface area (Å²) in [5, 5.41) is 0. The van der Waals surface area contributed by atoms with Gasteiger partial charge in [0.1, 0.15) is 11.5 Å². The van der Waals surface area contributed by atoms with Crippen molar-refractivity contribution in [3.05, 3.63) is 23.8 Å². The molecular formula is C13H21NO2. The summed E-state index contributed by atoms with van der Waals surface area (Å²) in [6.45, 7) is 6.87. The standard InChI is InChI=1S/C13H21NO2/c1-9(2)8-16-13-7-11(15-4)5-6-12(13)10(3)14/h5-7,9-10H,8,14H2,1-4H3. The van der Waals surface area contributed by atoms with Crippen molar-refractivity contribution in [2.24, 2.45) is 11.7 Å². The van der Waals surface area contributed by atoms with Crippen LogP contribution in [0, 0.1) is 5.92 Å². The molecule has 1 aromatic rings. The minimum absolute atomic E-state index is 0.0342. The maximum absolute atomic E-state index is 5.89. The van der Waals surface area contributed by atoms with Crippen molar-refractivity contribution in [3.63, 3.8) is 0 Å². The lowest BCUT2D eigenvalue weighted by molar-refractivity contribution is 0.266. The van der Waals surface area contributed by atoms with E-state index in [1.807, 2.05) is 25.1 Å². The van der Waals surface area contributed by atoms with Crippen molar-refractivity contribution < 1.29 is 9.47 Å². The summed E-state index contributed by atoms with van der Waals surface area (Å²) in [5.41, 5.74) is 6.91. The lowest BCUT2D eigenvalue weighted by Crippen LogP contribution is -2.11. The van der Waals surface area contributed by atoms with Crippen molar-refractivity contribution in [3.8, 4) is 11.5 Å². The van der Waals surface area contributed by atoms with E-state index in [2.05, 4.69) is 13.8 Å². The maximum atomic E-state index is 5.89. The van der Waals surface area contributed by atoms with Gasteiger partial charge in [0.2, 0.25) is 0 Å². The molecule has 2 N–H and O–H groups in total. The zero-order chi connectivity index (χ0) is 12.1. The molecule has 1 unspecified atom stereocenters. The van der Waals surface area contributed by atoms with E-state index in [1.165, 1.54) is 0 Å². The predicted molar refractivity (Wildman–Crippen MR) is 65.9 cm³/mol. The number of methoxy groups -OCH3 is 1. The summed E-state index contributed by atoms with van der Waals surface area (Å²) in [5.74, 6) is 2.11. The molecule has 3 heteroatoms. The minimum Gasteiger partial charge on any atom is -0.497 e. The first-order valence-corrected chi connectivity index (χ1v) is 5.61. The number of rotatable bonds is 5. The van der Waals surface area contributed by atoms with Crippen molar-refractivity contribution >= 4 is 0 Å². The van der Waals surface area contributed by atoms with Crippen LogP contribution in [-0.4, -0.2) is 13.7 Å². The van der Waals surface area contributed by atoms with Gasteiger partial charge in [-0.25, -0.2) is 0 Å². The van der Waals surface area contributed by atoms with Crippen molar-refractivity contribution in [2.75, 3.05) is 13.7 Å². The van der Waals surface area contributed by atoms with Gasteiger partial charge in [-0.2, -0.15) is 0 Å². The third kappa shape index (κ3) is 3.42. The molecule has 3 nitrogen and oxygen atoms in total. The summed E-state index contributed by atoms with van der Waals surface area (Å²) in [6.07, 6.45) is 0. The van der Waals surface area contributed by atoms with Gasteiger partial charge < -0.3 is 15.2 Å². The van der Waals surface area contributed by atoms with Gasteiger partial charge in [0.15, 0.2) is 0 Å². The molecule has 1 rings (SSSR count). The number of nitrogens with two attached hydrogens (primary N) is 1. The highest BCUT2D eigenvalue weighted by molar-refractivity contribution is 5.42. The Balaban J connectivity index is 2.91. The average molecular weight is 223 g/mol. The molecule has 0 saturated heterocycles. The highest BCUT2D eigenvalue weighted by Crippen LogP contribution is 2.28. The van der Waals surface area contributed by atoms with Crippen molar-refractivity contribution in [1.29, 1.82) is 0 Å². The Morgan fingerprint density at radius 2 is 1.94 bits per heavy atom. The van der Waals surface area contributed by atoms with Crippen molar-refractivity contribution in [2.45, 2.75) is 26.8 Å². The van der Waals surface area contributed by atoms with E-state index >= 15 is 0 Å². The zero-order valence-corrected chi connectivity index (χ0v) is 10.5. The Labute approximate surface area is 97.6 Å². The molecule has 0 saturated carbocycles. The molecule has 0 spiro atoms. The normalized spacial score (nSPS) is 12.6. The Morgan fingerprint density at radius 3 is 2.44 bits per heavy atom. The second-order valence-corrected chi connectivity index (χ2v) is 4.40. The molecule has 1 aromatic carbocycles. The first kappa shape index (κ1) is 12.8. The lowest BCUT2D eigenvalue weighted by atomic mass is 10.1. The van der Waals surface area contributed by atoms with Crippen LogP contribution in [0.4, 0.5) is 0 Å². The van der Waals surface area contributed by atoms with Crippen LogP contribution in [0.25, 0.3) is 0 Å². The predicted octanol–water partition coefficient (Wildman–Crippen LogP) is 2.75. The molecular weight excluding hydrogens is 202 g/mol. The van der Waals surface area contributed by atoms with E-state index in [0.717, 1.165) is 17.1 Å². The quantitative estimate of drug-likeness (QED) is 0.834. The summed E-state index contributed by atoms with van der Waals surface area (Å²) >= 11 is 0. The lowest BCUT2D eigenvalue weighted by Gasteiger charge is -2.16. The Bertz CT molecular complexity index is 335. The largest absolute Gasteiger partial charge is 0.497 e. The molecule has 0 fully saturated rings. The zero-order valence-electron chi connectivity index (χ0n) is 10.5. The smallest absolute Gasteiger partial charge is 0.127 e. The number of ether oxygens (including phenoxy) is 2. The van der Waals surface area contributed by atoms with Crippen LogP contribution in [0.1, 0.15) is 32.4 Å². The Kier molecular flexibility index (Phi) is 4.62. The first-order chi connectivity index (χ1) is 7.54.